The van der Waals surface area contributed by atoms with Crippen LogP contribution in [0.5, 0.6) is 0 Å². The van der Waals surface area contributed by atoms with Gasteiger partial charge in [0.15, 0.2) is 0 Å². The van der Waals surface area contributed by atoms with E-state index in [9.17, 15) is 9.59 Å². The van der Waals surface area contributed by atoms with Crippen LogP contribution in [0.3, 0.4) is 0 Å². The second-order valence-corrected chi connectivity index (χ2v) is 3.89. The Morgan fingerprint density at radius 1 is 1.71 bits per heavy atom. The molecule has 0 radical (unpaired) electrons. The quantitative estimate of drug-likeness (QED) is 0.637. The molecule has 1 saturated carbocycles. The van der Waals surface area contributed by atoms with E-state index in [4.69, 9.17) is 5.11 Å². The van der Waals surface area contributed by atoms with Crippen LogP contribution in [0.25, 0.3) is 0 Å². The van der Waals surface area contributed by atoms with Gasteiger partial charge in [0, 0.05) is 12.5 Å². The minimum Gasteiger partial charge on any atom is -0.465 e. The number of aldehydes is 1. The number of carboxylic acid groups (broad SMARTS) is 1. The Morgan fingerprint density at radius 3 is 2.86 bits per heavy atom. The third kappa shape index (κ3) is 3.01. The van der Waals surface area contributed by atoms with E-state index in [0.29, 0.717) is 18.4 Å². The summed E-state index contributed by atoms with van der Waals surface area (Å²) in [6.07, 6.45) is 2.92. The van der Waals surface area contributed by atoms with Gasteiger partial charge in [-0.15, -0.1) is 0 Å². The zero-order valence-corrected chi connectivity index (χ0v) is 8.40. The van der Waals surface area contributed by atoms with Gasteiger partial charge in [-0.05, 0) is 24.7 Å². The SMILES string of the molecule is CCC(CCNC(=O)O)C1CC1C=O. The molecule has 1 aliphatic carbocycles. The number of hydrogen-bond donors (Lipinski definition) is 2. The van der Waals surface area contributed by atoms with Crippen LogP contribution < -0.4 is 5.32 Å². The highest BCUT2D eigenvalue weighted by atomic mass is 16.4. The molecular weight excluding hydrogens is 182 g/mol. The minimum absolute atomic E-state index is 0.241. The predicted octanol–water partition coefficient (Wildman–Crippen LogP) is 1.51. The molecule has 0 aromatic rings. The average Bonchev–Trinajstić information content (AvgIpc) is 2.91. The van der Waals surface area contributed by atoms with Crippen molar-refractivity contribution in [2.75, 3.05) is 6.54 Å². The Morgan fingerprint density at radius 2 is 2.43 bits per heavy atom. The largest absolute Gasteiger partial charge is 0.465 e. The van der Waals surface area contributed by atoms with Crippen molar-refractivity contribution in [3.05, 3.63) is 0 Å². The summed E-state index contributed by atoms with van der Waals surface area (Å²) in [5, 5.41) is 10.7. The Balaban J connectivity index is 2.19. The van der Waals surface area contributed by atoms with Crippen LogP contribution in [-0.2, 0) is 4.79 Å². The highest BCUT2D eigenvalue weighted by Crippen LogP contribution is 2.45. The molecule has 4 heteroatoms. The van der Waals surface area contributed by atoms with E-state index in [0.717, 1.165) is 25.5 Å². The predicted molar refractivity (Wildman–Crippen MR) is 52.1 cm³/mol. The molecule has 0 heterocycles. The molecular formula is C10H17NO3. The smallest absolute Gasteiger partial charge is 0.404 e. The second-order valence-electron chi connectivity index (χ2n) is 3.89. The molecule has 0 bridgehead atoms. The Labute approximate surface area is 83.7 Å². The lowest BCUT2D eigenvalue weighted by Gasteiger charge is -2.13. The highest BCUT2D eigenvalue weighted by molar-refractivity contribution is 5.64. The molecule has 1 fully saturated rings. The van der Waals surface area contributed by atoms with E-state index in [-0.39, 0.29) is 5.92 Å². The molecule has 1 aliphatic rings. The van der Waals surface area contributed by atoms with Gasteiger partial charge < -0.3 is 15.2 Å². The summed E-state index contributed by atoms with van der Waals surface area (Å²) >= 11 is 0. The minimum atomic E-state index is -0.970. The van der Waals surface area contributed by atoms with Crippen molar-refractivity contribution in [3.8, 4) is 0 Å². The van der Waals surface area contributed by atoms with Crippen molar-refractivity contribution in [2.45, 2.75) is 26.2 Å². The first kappa shape index (κ1) is 11.0. The number of hydrogen-bond acceptors (Lipinski definition) is 2. The maximum absolute atomic E-state index is 10.5. The fourth-order valence-corrected chi connectivity index (χ4v) is 2.02. The van der Waals surface area contributed by atoms with Crippen LogP contribution in [0.15, 0.2) is 0 Å². The van der Waals surface area contributed by atoms with Crippen molar-refractivity contribution < 1.29 is 14.7 Å². The first-order chi connectivity index (χ1) is 6.69. The van der Waals surface area contributed by atoms with Crippen LogP contribution in [0.4, 0.5) is 4.79 Å². The summed E-state index contributed by atoms with van der Waals surface area (Å²) in [5.41, 5.74) is 0. The van der Waals surface area contributed by atoms with Crippen molar-refractivity contribution in [1.82, 2.24) is 5.32 Å². The molecule has 0 spiro atoms. The summed E-state index contributed by atoms with van der Waals surface area (Å²) < 4.78 is 0. The molecule has 0 aliphatic heterocycles. The Hall–Kier alpha value is -1.06. The van der Waals surface area contributed by atoms with Gasteiger partial charge in [-0.25, -0.2) is 4.79 Å². The zero-order chi connectivity index (χ0) is 10.6. The lowest BCUT2D eigenvalue weighted by Crippen LogP contribution is -2.24. The topological polar surface area (TPSA) is 66.4 Å². The summed E-state index contributed by atoms with van der Waals surface area (Å²) in [6, 6.07) is 0. The number of nitrogens with one attached hydrogen (secondary N) is 1. The van der Waals surface area contributed by atoms with E-state index in [1.807, 2.05) is 0 Å². The van der Waals surface area contributed by atoms with Crippen molar-refractivity contribution in [1.29, 1.82) is 0 Å². The first-order valence-corrected chi connectivity index (χ1v) is 5.11. The lowest BCUT2D eigenvalue weighted by molar-refractivity contribution is -0.109. The fourth-order valence-electron chi connectivity index (χ4n) is 2.02. The van der Waals surface area contributed by atoms with Crippen molar-refractivity contribution in [3.63, 3.8) is 0 Å². The molecule has 14 heavy (non-hydrogen) atoms. The monoisotopic (exact) mass is 199 g/mol. The molecule has 3 atom stereocenters. The van der Waals surface area contributed by atoms with Gasteiger partial charge in [-0.1, -0.05) is 13.3 Å². The first-order valence-electron chi connectivity index (χ1n) is 5.11. The van der Waals surface area contributed by atoms with Gasteiger partial charge in [0.2, 0.25) is 0 Å². The fraction of sp³-hybridized carbons (Fsp3) is 0.800. The van der Waals surface area contributed by atoms with Gasteiger partial charge in [0.05, 0.1) is 0 Å². The maximum Gasteiger partial charge on any atom is 0.404 e. The van der Waals surface area contributed by atoms with E-state index in [1.165, 1.54) is 0 Å². The third-order valence-corrected chi connectivity index (χ3v) is 2.99. The highest BCUT2D eigenvalue weighted by Gasteiger charge is 2.41. The molecule has 80 valence electrons. The van der Waals surface area contributed by atoms with Gasteiger partial charge in [0.25, 0.3) is 0 Å². The van der Waals surface area contributed by atoms with E-state index >= 15 is 0 Å². The van der Waals surface area contributed by atoms with Gasteiger partial charge in [-0.3, -0.25) is 0 Å². The average molecular weight is 199 g/mol. The number of carbonyl (C=O) groups is 2. The summed E-state index contributed by atoms with van der Waals surface area (Å²) in [5.74, 6) is 1.25. The standard InChI is InChI=1S/C10H17NO3/c1-2-7(3-4-11-10(13)14)9-5-8(9)6-12/h6-9,11H,2-5H2,1H3,(H,13,14). The number of rotatable bonds is 6. The van der Waals surface area contributed by atoms with Crippen LogP contribution in [0, 0.1) is 17.8 Å². The van der Waals surface area contributed by atoms with Gasteiger partial charge >= 0.3 is 6.09 Å². The maximum atomic E-state index is 10.5. The Kier molecular flexibility index (Phi) is 3.92. The van der Waals surface area contributed by atoms with Gasteiger partial charge in [-0.2, -0.15) is 0 Å². The second kappa shape index (κ2) is 4.98. The van der Waals surface area contributed by atoms with E-state index in [1.54, 1.807) is 0 Å². The number of amides is 1. The van der Waals surface area contributed by atoms with E-state index in [2.05, 4.69) is 12.2 Å². The van der Waals surface area contributed by atoms with Crippen LogP contribution in [-0.4, -0.2) is 24.0 Å². The Bertz CT molecular complexity index is 217. The summed E-state index contributed by atoms with van der Waals surface area (Å²) in [7, 11) is 0. The third-order valence-electron chi connectivity index (χ3n) is 2.99. The molecule has 1 rings (SSSR count). The molecule has 4 nitrogen and oxygen atoms in total. The molecule has 0 saturated heterocycles. The summed E-state index contributed by atoms with van der Waals surface area (Å²) in [4.78, 5) is 20.7. The molecule has 3 unspecified atom stereocenters. The van der Waals surface area contributed by atoms with E-state index < -0.39 is 6.09 Å². The van der Waals surface area contributed by atoms with Crippen molar-refractivity contribution >= 4 is 12.4 Å². The lowest BCUT2D eigenvalue weighted by atomic mass is 9.95. The molecule has 0 aromatic heterocycles. The molecule has 1 amide bonds. The zero-order valence-electron chi connectivity index (χ0n) is 8.40. The molecule has 2 N–H and O–H groups in total. The van der Waals surface area contributed by atoms with Crippen molar-refractivity contribution in [2.24, 2.45) is 17.8 Å². The normalized spacial score (nSPS) is 26.6. The molecule has 0 aromatic carbocycles. The summed E-state index contributed by atoms with van der Waals surface area (Å²) in [6.45, 7) is 2.58. The van der Waals surface area contributed by atoms with Crippen LogP contribution in [0.1, 0.15) is 26.2 Å². The van der Waals surface area contributed by atoms with Gasteiger partial charge in [0.1, 0.15) is 6.29 Å². The van der Waals surface area contributed by atoms with Crippen LogP contribution >= 0.6 is 0 Å². The number of carbonyl (C=O) groups excluding carboxylic acids is 1. The van der Waals surface area contributed by atoms with Crippen LogP contribution in [0.2, 0.25) is 0 Å².